The fraction of sp³-hybridized carbons (Fsp3) is 0.613. The molecule has 0 saturated heterocycles. The fourth-order valence-corrected chi connectivity index (χ4v) is 4.31. The van der Waals surface area contributed by atoms with Crippen molar-refractivity contribution in [3.8, 4) is 0 Å². The molecule has 0 aliphatic heterocycles. The van der Waals surface area contributed by atoms with Crippen molar-refractivity contribution >= 4 is 35.6 Å². The van der Waals surface area contributed by atoms with Gasteiger partial charge in [-0.25, -0.2) is 4.79 Å². The van der Waals surface area contributed by atoms with Gasteiger partial charge in [0.15, 0.2) is 0 Å². The largest absolute Gasteiger partial charge is 0.480 e. The number of carboxylic acid groups (broad SMARTS) is 1. The monoisotopic (exact) mass is 636 g/mol. The molecule has 0 unspecified atom stereocenters. The van der Waals surface area contributed by atoms with Crippen LogP contribution in [0.5, 0.6) is 0 Å². The molecule has 1 rings (SSSR count). The van der Waals surface area contributed by atoms with Crippen LogP contribution < -0.4 is 21.3 Å². The Morgan fingerprint density at radius 1 is 0.756 bits per heavy atom. The molecule has 1 aromatic rings. The number of nitrogens with one attached hydrogen (secondary N) is 4. The van der Waals surface area contributed by atoms with Gasteiger partial charge in [0.1, 0.15) is 37.4 Å². The zero-order chi connectivity index (χ0) is 33.8. The number of benzene rings is 1. The van der Waals surface area contributed by atoms with E-state index in [1.54, 1.807) is 44.2 Å². The molecule has 0 saturated carbocycles. The van der Waals surface area contributed by atoms with Crippen LogP contribution >= 0.6 is 0 Å². The van der Waals surface area contributed by atoms with E-state index in [-0.39, 0.29) is 25.2 Å². The number of carbonyl (C=O) groups is 6. The van der Waals surface area contributed by atoms with Crippen LogP contribution in [0.2, 0.25) is 0 Å². The lowest BCUT2D eigenvalue weighted by Crippen LogP contribution is -2.60. The Kier molecular flexibility index (Phi) is 18.7. The van der Waals surface area contributed by atoms with Gasteiger partial charge in [0.25, 0.3) is 0 Å². The molecule has 4 atom stereocenters. The number of hydrogen-bond acceptors (Lipinski definition) is 9. The highest BCUT2D eigenvalue weighted by molar-refractivity contribution is 5.95. The average Bonchev–Trinajstić information content (AvgIpc) is 3.00. The molecule has 0 fully saturated rings. The summed E-state index contributed by atoms with van der Waals surface area (Å²) in [6.07, 6.45) is 4.61. The topological polar surface area (TPSA) is 220 Å². The van der Waals surface area contributed by atoms with Gasteiger partial charge >= 0.3 is 11.9 Å². The normalized spacial score (nSPS) is 13.6. The minimum absolute atomic E-state index is 0.0313. The van der Waals surface area contributed by atoms with Gasteiger partial charge in [-0.15, -0.1) is 0 Å². The SMILES string of the molecule is CCCCCCCC(=O)OC[C@H](NC(=O)[C@H](CO)NC(=O)CO)C(=O)N[C@@H](Cc1ccccc1)C(=O)N[C@@H](CC(C)C)C(=O)O. The van der Waals surface area contributed by atoms with E-state index in [9.17, 15) is 39.0 Å². The Morgan fingerprint density at radius 3 is 1.91 bits per heavy atom. The number of ether oxygens (including phenoxy) is 1. The van der Waals surface area contributed by atoms with Crippen LogP contribution in [-0.2, 0) is 39.9 Å². The number of hydrogen-bond donors (Lipinski definition) is 7. The van der Waals surface area contributed by atoms with Gasteiger partial charge < -0.3 is 41.3 Å². The second-order valence-corrected chi connectivity index (χ2v) is 11.1. The van der Waals surface area contributed by atoms with Crippen LogP contribution in [-0.4, -0.2) is 94.9 Å². The molecule has 7 N–H and O–H groups in total. The van der Waals surface area contributed by atoms with Crippen LogP contribution in [0.3, 0.4) is 0 Å². The van der Waals surface area contributed by atoms with E-state index in [1.807, 2.05) is 0 Å². The maximum Gasteiger partial charge on any atom is 0.326 e. The first-order valence-electron chi connectivity index (χ1n) is 15.3. The predicted molar refractivity (Wildman–Crippen MR) is 163 cm³/mol. The summed E-state index contributed by atoms with van der Waals surface area (Å²) in [4.78, 5) is 75.5. The van der Waals surface area contributed by atoms with Gasteiger partial charge in [-0.05, 0) is 24.3 Å². The summed E-state index contributed by atoms with van der Waals surface area (Å²) in [5.74, 6) is -5.58. The van der Waals surface area contributed by atoms with Gasteiger partial charge in [-0.1, -0.05) is 76.8 Å². The first-order chi connectivity index (χ1) is 21.4. The standard InChI is InChI=1S/C31H48N4O10/c1-4-5-6-7-11-14-27(39)45-19-25(35-29(41)24(17-36)32-26(38)18-37)30(42)33-22(16-21-12-9-8-10-13-21)28(40)34-23(31(43)44)15-20(2)3/h8-10,12-13,20,22-25,36-37H,4-7,11,14-19H2,1-3H3,(H,32,38)(H,33,42)(H,34,40)(H,35,41)(H,43,44)/t22-,23-,24-,25-/m0/s1. The highest BCUT2D eigenvalue weighted by atomic mass is 16.5. The minimum Gasteiger partial charge on any atom is -0.480 e. The number of aliphatic hydroxyl groups excluding tert-OH is 2. The third-order valence-electron chi connectivity index (χ3n) is 6.74. The van der Waals surface area contributed by atoms with Crippen molar-refractivity contribution < 1.29 is 48.8 Å². The molecule has 0 aromatic heterocycles. The molecule has 252 valence electrons. The molecular weight excluding hydrogens is 588 g/mol. The number of aliphatic carboxylic acids is 1. The molecule has 14 heteroatoms. The highest BCUT2D eigenvalue weighted by Crippen LogP contribution is 2.09. The zero-order valence-corrected chi connectivity index (χ0v) is 26.3. The molecule has 0 spiro atoms. The number of aliphatic hydroxyl groups is 2. The van der Waals surface area contributed by atoms with Crippen LogP contribution in [0.4, 0.5) is 0 Å². The first kappa shape index (κ1) is 39.0. The van der Waals surface area contributed by atoms with Crippen LogP contribution in [0, 0.1) is 5.92 Å². The van der Waals surface area contributed by atoms with Crippen molar-refractivity contribution in [2.45, 2.75) is 96.3 Å². The molecule has 1 aromatic carbocycles. The van der Waals surface area contributed by atoms with Crippen LogP contribution in [0.1, 0.15) is 71.3 Å². The molecule has 45 heavy (non-hydrogen) atoms. The number of carbonyl (C=O) groups excluding carboxylic acids is 5. The van der Waals surface area contributed by atoms with Crippen molar-refractivity contribution in [3.63, 3.8) is 0 Å². The van der Waals surface area contributed by atoms with E-state index in [0.29, 0.717) is 12.0 Å². The van der Waals surface area contributed by atoms with Crippen LogP contribution in [0.15, 0.2) is 30.3 Å². The van der Waals surface area contributed by atoms with E-state index in [4.69, 9.17) is 9.84 Å². The van der Waals surface area contributed by atoms with E-state index >= 15 is 0 Å². The summed E-state index contributed by atoms with van der Waals surface area (Å²) >= 11 is 0. The fourth-order valence-electron chi connectivity index (χ4n) is 4.31. The second-order valence-electron chi connectivity index (χ2n) is 11.1. The van der Waals surface area contributed by atoms with Gasteiger partial charge in [0, 0.05) is 12.8 Å². The lowest BCUT2D eigenvalue weighted by molar-refractivity contribution is -0.147. The molecule has 0 radical (unpaired) electrons. The maximum absolute atomic E-state index is 13.5. The zero-order valence-electron chi connectivity index (χ0n) is 26.3. The number of unbranched alkanes of at least 4 members (excludes halogenated alkanes) is 4. The first-order valence-corrected chi connectivity index (χ1v) is 15.3. The molecule has 0 bridgehead atoms. The Hall–Kier alpha value is -4.04. The van der Waals surface area contributed by atoms with Crippen molar-refractivity contribution in [2.24, 2.45) is 5.92 Å². The van der Waals surface area contributed by atoms with Crippen LogP contribution in [0.25, 0.3) is 0 Å². The molecule has 0 heterocycles. The van der Waals surface area contributed by atoms with Gasteiger partial charge in [0.05, 0.1) is 6.61 Å². The molecule has 14 nitrogen and oxygen atoms in total. The van der Waals surface area contributed by atoms with Crippen molar-refractivity contribution in [2.75, 3.05) is 19.8 Å². The Balaban J connectivity index is 3.19. The molecule has 4 amide bonds. The third-order valence-corrected chi connectivity index (χ3v) is 6.74. The molecule has 0 aliphatic carbocycles. The van der Waals surface area contributed by atoms with Crippen molar-refractivity contribution in [3.05, 3.63) is 35.9 Å². The van der Waals surface area contributed by atoms with E-state index in [0.717, 1.165) is 25.7 Å². The Morgan fingerprint density at radius 2 is 1.33 bits per heavy atom. The summed E-state index contributed by atoms with van der Waals surface area (Å²) in [5, 5.41) is 37.6. The summed E-state index contributed by atoms with van der Waals surface area (Å²) in [6, 6.07) is 3.04. The van der Waals surface area contributed by atoms with E-state index < -0.39 is 79.6 Å². The third kappa shape index (κ3) is 16.0. The summed E-state index contributed by atoms with van der Waals surface area (Å²) in [7, 11) is 0. The molecule has 0 aliphatic rings. The lowest BCUT2D eigenvalue weighted by atomic mass is 10.0. The smallest absolute Gasteiger partial charge is 0.326 e. The minimum atomic E-state index is -1.56. The summed E-state index contributed by atoms with van der Waals surface area (Å²) in [6.45, 7) is 3.22. The quantitative estimate of drug-likeness (QED) is 0.0676. The predicted octanol–water partition coefficient (Wildman–Crippen LogP) is 0.187. The maximum atomic E-state index is 13.5. The van der Waals surface area contributed by atoms with Crippen molar-refractivity contribution in [1.82, 2.24) is 21.3 Å². The summed E-state index contributed by atoms with van der Waals surface area (Å²) < 4.78 is 5.27. The summed E-state index contributed by atoms with van der Waals surface area (Å²) in [5.41, 5.74) is 0.649. The highest BCUT2D eigenvalue weighted by Gasteiger charge is 2.32. The lowest BCUT2D eigenvalue weighted by Gasteiger charge is -2.26. The molecular formula is C31H48N4O10. The van der Waals surface area contributed by atoms with Crippen molar-refractivity contribution in [1.29, 1.82) is 0 Å². The van der Waals surface area contributed by atoms with Gasteiger partial charge in [0.2, 0.25) is 23.6 Å². The average molecular weight is 637 g/mol. The second kappa shape index (κ2) is 21.6. The number of amides is 4. The van der Waals surface area contributed by atoms with Gasteiger partial charge in [-0.3, -0.25) is 24.0 Å². The van der Waals surface area contributed by atoms with Gasteiger partial charge in [-0.2, -0.15) is 0 Å². The number of esters is 1. The number of rotatable bonds is 22. The number of carboxylic acids is 1. The Labute approximate surface area is 263 Å². The van der Waals surface area contributed by atoms with E-state index in [1.165, 1.54) is 0 Å². The Bertz CT molecular complexity index is 1100. The van der Waals surface area contributed by atoms with E-state index in [2.05, 4.69) is 28.2 Å².